The second-order valence-corrected chi connectivity index (χ2v) is 7.40. The second-order valence-electron chi connectivity index (χ2n) is 6.62. The van der Waals surface area contributed by atoms with Crippen molar-refractivity contribution in [1.82, 2.24) is 10.2 Å². The van der Waals surface area contributed by atoms with Crippen LogP contribution in [0.15, 0.2) is 39.4 Å². The molecule has 0 radical (unpaired) electrons. The van der Waals surface area contributed by atoms with Crippen molar-refractivity contribution in [2.45, 2.75) is 12.8 Å². The molecule has 8 heteroatoms. The molecule has 28 heavy (non-hydrogen) atoms. The Kier molecular flexibility index (Phi) is 6.61. The van der Waals surface area contributed by atoms with E-state index in [2.05, 4.69) is 21.2 Å². The standard InChI is InChI=1S/C20H23BrN2O5/c1-26-15-4-3-14(11-17(15)27-2)20(25)23-9-7-13(8-10-23)12-22-19(24)16-5-6-18(21)28-16/h3-6,11,13H,7-10,12H2,1-2H3,(H,22,24). The summed E-state index contributed by atoms with van der Waals surface area (Å²) in [4.78, 5) is 26.7. The van der Waals surface area contributed by atoms with E-state index in [-0.39, 0.29) is 17.6 Å². The number of methoxy groups -OCH3 is 2. The number of halogens is 1. The molecule has 0 unspecified atom stereocenters. The van der Waals surface area contributed by atoms with Crippen LogP contribution in [0.25, 0.3) is 0 Å². The first-order valence-corrected chi connectivity index (χ1v) is 9.86. The number of carbonyl (C=O) groups is 2. The minimum atomic E-state index is -0.227. The monoisotopic (exact) mass is 450 g/mol. The maximum absolute atomic E-state index is 12.8. The number of likely N-dealkylation sites (tertiary alicyclic amines) is 1. The van der Waals surface area contributed by atoms with E-state index in [0.717, 1.165) is 12.8 Å². The maximum atomic E-state index is 12.8. The summed E-state index contributed by atoms with van der Waals surface area (Å²) in [6, 6.07) is 8.50. The minimum Gasteiger partial charge on any atom is -0.493 e. The van der Waals surface area contributed by atoms with Crippen LogP contribution in [0, 0.1) is 5.92 Å². The van der Waals surface area contributed by atoms with E-state index in [9.17, 15) is 9.59 Å². The molecule has 1 saturated heterocycles. The summed E-state index contributed by atoms with van der Waals surface area (Å²) in [5, 5.41) is 2.90. The number of benzene rings is 1. The summed E-state index contributed by atoms with van der Waals surface area (Å²) in [6.45, 7) is 1.87. The molecule has 1 N–H and O–H groups in total. The fourth-order valence-electron chi connectivity index (χ4n) is 3.25. The molecule has 1 aromatic carbocycles. The van der Waals surface area contributed by atoms with E-state index >= 15 is 0 Å². The van der Waals surface area contributed by atoms with Gasteiger partial charge in [-0.1, -0.05) is 0 Å². The van der Waals surface area contributed by atoms with Crippen molar-refractivity contribution in [3.63, 3.8) is 0 Å². The van der Waals surface area contributed by atoms with Gasteiger partial charge in [0, 0.05) is 25.2 Å². The predicted octanol–water partition coefficient (Wildman–Crippen LogP) is 3.34. The first-order valence-electron chi connectivity index (χ1n) is 9.06. The smallest absolute Gasteiger partial charge is 0.287 e. The highest BCUT2D eigenvalue weighted by Crippen LogP contribution is 2.28. The second kappa shape index (κ2) is 9.14. The Morgan fingerprint density at radius 1 is 1.14 bits per heavy atom. The number of hydrogen-bond donors (Lipinski definition) is 1. The zero-order valence-corrected chi connectivity index (χ0v) is 17.5. The van der Waals surface area contributed by atoms with Gasteiger partial charge in [-0.2, -0.15) is 0 Å². The third-order valence-corrected chi connectivity index (χ3v) is 5.31. The van der Waals surface area contributed by atoms with Gasteiger partial charge < -0.3 is 24.1 Å². The van der Waals surface area contributed by atoms with E-state index in [4.69, 9.17) is 13.9 Å². The molecular weight excluding hydrogens is 428 g/mol. The third kappa shape index (κ3) is 4.67. The summed E-state index contributed by atoms with van der Waals surface area (Å²) < 4.78 is 16.3. The lowest BCUT2D eigenvalue weighted by molar-refractivity contribution is 0.0683. The van der Waals surface area contributed by atoms with Gasteiger partial charge in [0.2, 0.25) is 0 Å². The molecule has 0 atom stereocenters. The highest BCUT2D eigenvalue weighted by atomic mass is 79.9. The van der Waals surface area contributed by atoms with Gasteiger partial charge >= 0.3 is 0 Å². The van der Waals surface area contributed by atoms with Gasteiger partial charge in [-0.3, -0.25) is 9.59 Å². The van der Waals surface area contributed by atoms with Crippen LogP contribution < -0.4 is 14.8 Å². The first kappa shape index (κ1) is 20.3. The number of rotatable bonds is 6. The molecular formula is C20H23BrN2O5. The lowest BCUT2D eigenvalue weighted by Crippen LogP contribution is -2.41. The molecule has 2 amide bonds. The highest BCUT2D eigenvalue weighted by molar-refractivity contribution is 9.10. The van der Waals surface area contributed by atoms with Crippen molar-refractivity contribution in [2.75, 3.05) is 33.9 Å². The summed E-state index contributed by atoms with van der Waals surface area (Å²) in [6.07, 6.45) is 1.67. The summed E-state index contributed by atoms with van der Waals surface area (Å²) in [5.74, 6) is 1.50. The fraction of sp³-hybridized carbons (Fsp3) is 0.400. The number of nitrogens with zero attached hydrogens (tertiary/aromatic N) is 1. The van der Waals surface area contributed by atoms with Gasteiger partial charge in [0.05, 0.1) is 14.2 Å². The van der Waals surface area contributed by atoms with Crippen molar-refractivity contribution in [3.8, 4) is 11.5 Å². The first-order chi connectivity index (χ1) is 13.5. The molecule has 1 aliphatic rings. The van der Waals surface area contributed by atoms with Crippen molar-refractivity contribution < 1.29 is 23.5 Å². The van der Waals surface area contributed by atoms with E-state index in [1.165, 1.54) is 0 Å². The van der Waals surface area contributed by atoms with E-state index in [0.29, 0.717) is 47.3 Å². The van der Waals surface area contributed by atoms with Crippen LogP contribution in [0.5, 0.6) is 11.5 Å². The van der Waals surface area contributed by atoms with E-state index in [1.807, 2.05) is 4.90 Å². The molecule has 1 aliphatic heterocycles. The normalized spacial score (nSPS) is 14.6. The SMILES string of the molecule is COc1ccc(C(=O)N2CCC(CNC(=O)c3ccc(Br)o3)CC2)cc1OC. The maximum Gasteiger partial charge on any atom is 0.287 e. The number of carbonyl (C=O) groups excluding carboxylic acids is 2. The Hall–Kier alpha value is -2.48. The van der Waals surface area contributed by atoms with E-state index in [1.54, 1.807) is 44.6 Å². The molecule has 0 spiro atoms. The van der Waals surface area contributed by atoms with E-state index < -0.39 is 0 Å². The summed E-state index contributed by atoms with van der Waals surface area (Å²) in [5.41, 5.74) is 0.577. The van der Waals surface area contributed by atoms with Gasteiger partial charge in [-0.05, 0) is 65.0 Å². The molecule has 2 heterocycles. The molecule has 7 nitrogen and oxygen atoms in total. The van der Waals surface area contributed by atoms with Crippen LogP contribution in [0.3, 0.4) is 0 Å². The number of furan rings is 1. The molecule has 2 aromatic rings. The molecule has 1 aromatic heterocycles. The number of ether oxygens (including phenoxy) is 2. The van der Waals surface area contributed by atoms with Crippen molar-refractivity contribution >= 4 is 27.7 Å². The van der Waals surface area contributed by atoms with Gasteiger partial charge in [0.1, 0.15) is 0 Å². The Morgan fingerprint density at radius 2 is 1.86 bits per heavy atom. The largest absolute Gasteiger partial charge is 0.493 e. The number of amides is 2. The van der Waals surface area contributed by atoms with Gasteiger partial charge in [0.15, 0.2) is 21.9 Å². The Labute approximate surface area is 172 Å². The van der Waals surface area contributed by atoms with Gasteiger partial charge in [0.25, 0.3) is 11.8 Å². The fourth-order valence-corrected chi connectivity index (χ4v) is 3.56. The van der Waals surface area contributed by atoms with Crippen LogP contribution in [-0.4, -0.2) is 50.6 Å². The molecule has 150 valence electrons. The molecule has 1 fully saturated rings. The Bertz CT molecular complexity index is 843. The molecule has 3 rings (SSSR count). The van der Waals surface area contributed by atoms with Crippen molar-refractivity contribution in [1.29, 1.82) is 0 Å². The Balaban J connectivity index is 1.50. The van der Waals surface area contributed by atoms with Crippen LogP contribution >= 0.6 is 15.9 Å². The van der Waals surface area contributed by atoms with Gasteiger partial charge in [-0.25, -0.2) is 0 Å². The summed E-state index contributed by atoms with van der Waals surface area (Å²) in [7, 11) is 3.11. The number of nitrogens with one attached hydrogen (secondary N) is 1. The number of hydrogen-bond acceptors (Lipinski definition) is 5. The zero-order chi connectivity index (χ0) is 20.1. The van der Waals surface area contributed by atoms with Crippen molar-refractivity contribution in [3.05, 3.63) is 46.3 Å². The Morgan fingerprint density at radius 3 is 2.46 bits per heavy atom. The van der Waals surface area contributed by atoms with Crippen LogP contribution in [0.2, 0.25) is 0 Å². The van der Waals surface area contributed by atoms with Crippen LogP contribution in [0.4, 0.5) is 0 Å². The highest BCUT2D eigenvalue weighted by Gasteiger charge is 2.25. The average molecular weight is 451 g/mol. The van der Waals surface area contributed by atoms with Crippen LogP contribution in [0.1, 0.15) is 33.8 Å². The predicted molar refractivity (Wildman–Crippen MR) is 107 cm³/mol. The third-order valence-electron chi connectivity index (χ3n) is 4.88. The lowest BCUT2D eigenvalue weighted by Gasteiger charge is -2.32. The topological polar surface area (TPSA) is 81.0 Å². The molecule has 0 bridgehead atoms. The molecule has 0 saturated carbocycles. The average Bonchev–Trinajstić information content (AvgIpc) is 3.17. The number of piperidine rings is 1. The van der Waals surface area contributed by atoms with Gasteiger partial charge in [-0.15, -0.1) is 0 Å². The summed E-state index contributed by atoms with van der Waals surface area (Å²) >= 11 is 3.19. The molecule has 0 aliphatic carbocycles. The van der Waals surface area contributed by atoms with Crippen LogP contribution in [-0.2, 0) is 0 Å². The quantitative estimate of drug-likeness (QED) is 0.729. The van der Waals surface area contributed by atoms with Crippen molar-refractivity contribution in [2.24, 2.45) is 5.92 Å². The minimum absolute atomic E-state index is 0.0242. The zero-order valence-electron chi connectivity index (χ0n) is 15.9. The lowest BCUT2D eigenvalue weighted by atomic mass is 9.96.